The van der Waals surface area contributed by atoms with Gasteiger partial charge in [-0.15, -0.1) is 11.3 Å². The third-order valence-corrected chi connectivity index (χ3v) is 5.58. The molecular formula is C18H18FN3O2S. The van der Waals surface area contributed by atoms with E-state index in [1.807, 2.05) is 0 Å². The second kappa shape index (κ2) is 6.57. The Bertz CT molecular complexity index is 928. The van der Waals surface area contributed by atoms with Crippen LogP contribution in [0.3, 0.4) is 0 Å². The molecule has 130 valence electrons. The minimum Gasteiger partial charge on any atom is -0.376 e. The molecule has 0 aliphatic carbocycles. The number of hydrogen-bond acceptors (Lipinski definition) is 4. The van der Waals surface area contributed by atoms with Crippen molar-refractivity contribution in [2.75, 3.05) is 13.2 Å². The van der Waals surface area contributed by atoms with Gasteiger partial charge in [0, 0.05) is 31.1 Å². The number of aryl methyl sites for hydroxylation is 1. The molecule has 4 rings (SSSR count). The van der Waals surface area contributed by atoms with Crippen LogP contribution >= 0.6 is 11.3 Å². The van der Waals surface area contributed by atoms with Crippen LogP contribution < -0.4 is 5.32 Å². The number of hydrogen-bond donors (Lipinski definition) is 1. The molecule has 2 aromatic heterocycles. The third kappa shape index (κ3) is 3.05. The van der Waals surface area contributed by atoms with E-state index in [4.69, 9.17) is 4.74 Å². The summed E-state index contributed by atoms with van der Waals surface area (Å²) in [7, 11) is 1.80. The van der Waals surface area contributed by atoms with Crippen molar-refractivity contribution in [3.8, 4) is 11.3 Å². The summed E-state index contributed by atoms with van der Waals surface area (Å²) >= 11 is 1.36. The van der Waals surface area contributed by atoms with Crippen LogP contribution in [0.15, 0.2) is 30.3 Å². The van der Waals surface area contributed by atoms with Crippen LogP contribution in [0.4, 0.5) is 4.39 Å². The molecule has 1 fully saturated rings. The maximum atomic E-state index is 14.1. The van der Waals surface area contributed by atoms with Gasteiger partial charge in [0.2, 0.25) is 0 Å². The average molecular weight is 359 g/mol. The molecule has 0 spiro atoms. The first-order chi connectivity index (χ1) is 12.1. The molecule has 0 bridgehead atoms. The van der Waals surface area contributed by atoms with Crippen molar-refractivity contribution >= 4 is 27.5 Å². The smallest absolute Gasteiger partial charge is 0.261 e. The van der Waals surface area contributed by atoms with E-state index in [-0.39, 0.29) is 17.8 Å². The summed E-state index contributed by atoms with van der Waals surface area (Å²) in [5, 5.41) is 8.14. The van der Waals surface area contributed by atoms with E-state index in [0.717, 1.165) is 29.7 Å². The van der Waals surface area contributed by atoms with Crippen LogP contribution in [-0.2, 0) is 11.8 Å². The van der Waals surface area contributed by atoms with Crippen molar-refractivity contribution in [3.63, 3.8) is 0 Å². The number of nitrogens with one attached hydrogen (secondary N) is 1. The summed E-state index contributed by atoms with van der Waals surface area (Å²) in [6, 6.07) is 8.33. The average Bonchev–Trinajstić information content (AvgIpc) is 3.32. The molecule has 1 N–H and O–H groups in total. The Morgan fingerprint density at radius 2 is 2.32 bits per heavy atom. The fourth-order valence-electron chi connectivity index (χ4n) is 3.10. The first-order valence-electron chi connectivity index (χ1n) is 8.24. The lowest BCUT2D eigenvalue weighted by Gasteiger charge is -2.09. The largest absolute Gasteiger partial charge is 0.376 e. The summed E-state index contributed by atoms with van der Waals surface area (Å²) in [4.78, 5) is 13.9. The highest BCUT2D eigenvalue weighted by atomic mass is 32.1. The van der Waals surface area contributed by atoms with Crippen molar-refractivity contribution in [1.82, 2.24) is 15.1 Å². The number of amides is 1. The van der Waals surface area contributed by atoms with E-state index >= 15 is 0 Å². The van der Waals surface area contributed by atoms with Crippen molar-refractivity contribution in [1.29, 1.82) is 0 Å². The van der Waals surface area contributed by atoms with Gasteiger partial charge in [0.15, 0.2) is 0 Å². The quantitative estimate of drug-likeness (QED) is 0.777. The van der Waals surface area contributed by atoms with E-state index in [1.54, 1.807) is 36.0 Å². The molecule has 7 heteroatoms. The van der Waals surface area contributed by atoms with Gasteiger partial charge in [-0.2, -0.15) is 5.10 Å². The SMILES string of the molecule is Cn1nc(-c2ccccc2F)c2cc(C(=O)NC[C@H]3CCCO3)sc21. The molecule has 1 aliphatic rings. The van der Waals surface area contributed by atoms with Gasteiger partial charge in [-0.3, -0.25) is 9.48 Å². The Labute approximate surface area is 148 Å². The van der Waals surface area contributed by atoms with Gasteiger partial charge in [-0.05, 0) is 31.0 Å². The molecule has 0 saturated carbocycles. The normalized spacial score (nSPS) is 17.3. The highest BCUT2D eigenvalue weighted by Gasteiger charge is 2.21. The Morgan fingerprint density at radius 1 is 1.48 bits per heavy atom. The molecule has 1 atom stereocenters. The number of aromatic nitrogens is 2. The van der Waals surface area contributed by atoms with Gasteiger partial charge in [-0.25, -0.2) is 4.39 Å². The zero-order valence-electron chi connectivity index (χ0n) is 13.8. The highest BCUT2D eigenvalue weighted by molar-refractivity contribution is 7.20. The number of rotatable bonds is 4. The van der Waals surface area contributed by atoms with Gasteiger partial charge in [0.05, 0.1) is 11.0 Å². The Kier molecular flexibility index (Phi) is 4.27. The number of fused-ring (bicyclic) bond motifs is 1. The van der Waals surface area contributed by atoms with Crippen LogP contribution in [0.2, 0.25) is 0 Å². The summed E-state index contributed by atoms with van der Waals surface area (Å²) in [6.45, 7) is 1.28. The molecule has 5 nitrogen and oxygen atoms in total. The summed E-state index contributed by atoms with van der Waals surface area (Å²) in [6.07, 6.45) is 2.13. The Hall–Kier alpha value is -2.25. The van der Waals surface area contributed by atoms with Crippen LogP contribution in [-0.4, -0.2) is 34.9 Å². The van der Waals surface area contributed by atoms with E-state index in [1.165, 1.54) is 17.4 Å². The van der Waals surface area contributed by atoms with E-state index in [0.29, 0.717) is 22.7 Å². The topological polar surface area (TPSA) is 56.2 Å². The first kappa shape index (κ1) is 16.2. The predicted octanol–water partition coefficient (Wildman–Crippen LogP) is 3.35. The number of carbonyl (C=O) groups is 1. The first-order valence-corrected chi connectivity index (χ1v) is 9.06. The van der Waals surface area contributed by atoms with Gasteiger partial charge in [-0.1, -0.05) is 12.1 Å². The summed E-state index contributed by atoms with van der Waals surface area (Å²) < 4.78 is 21.4. The standard InChI is InChI=1S/C18H18FN3O2S/c1-22-18-13(16(21-22)12-6-2-3-7-14(12)19)9-15(25-18)17(23)20-10-11-5-4-8-24-11/h2-3,6-7,9,11H,4-5,8,10H2,1H3,(H,20,23)/t11-/m1/s1. The highest BCUT2D eigenvalue weighted by Crippen LogP contribution is 2.34. The Balaban J connectivity index is 1.63. The predicted molar refractivity (Wildman–Crippen MR) is 95.3 cm³/mol. The van der Waals surface area contributed by atoms with Crippen molar-refractivity contribution < 1.29 is 13.9 Å². The number of nitrogens with zero attached hydrogens (tertiary/aromatic N) is 2. The number of carbonyl (C=O) groups excluding carboxylic acids is 1. The molecular weight excluding hydrogens is 341 g/mol. The minimum atomic E-state index is -0.321. The lowest BCUT2D eigenvalue weighted by Crippen LogP contribution is -2.31. The van der Waals surface area contributed by atoms with Crippen molar-refractivity contribution in [2.45, 2.75) is 18.9 Å². The Morgan fingerprint density at radius 3 is 3.08 bits per heavy atom. The monoisotopic (exact) mass is 359 g/mol. The van der Waals surface area contributed by atoms with E-state index in [9.17, 15) is 9.18 Å². The second-order valence-corrected chi connectivity index (χ2v) is 7.16. The summed E-state index contributed by atoms with van der Waals surface area (Å²) in [5.41, 5.74) is 1.00. The zero-order valence-corrected chi connectivity index (χ0v) is 14.6. The molecule has 0 unspecified atom stereocenters. The molecule has 1 amide bonds. The second-order valence-electron chi connectivity index (χ2n) is 6.13. The maximum absolute atomic E-state index is 14.1. The number of benzene rings is 1. The molecule has 1 saturated heterocycles. The molecule has 3 aromatic rings. The zero-order chi connectivity index (χ0) is 17.4. The van der Waals surface area contributed by atoms with E-state index < -0.39 is 0 Å². The van der Waals surface area contributed by atoms with E-state index in [2.05, 4.69) is 10.4 Å². The molecule has 1 aromatic carbocycles. The molecule has 0 radical (unpaired) electrons. The van der Waals surface area contributed by atoms with Crippen LogP contribution in [0.5, 0.6) is 0 Å². The van der Waals surface area contributed by atoms with Crippen molar-refractivity contribution in [2.24, 2.45) is 7.05 Å². The van der Waals surface area contributed by atoms with Crippen molar-refractivity contribution in [3.05, 3.63) is 41.0 Å². The lowest BCUT2D eigenvalue weighted by molar-refractivity contribution is 0.0861. The fraction of sp³-hybridized carbons (Fsp3) is 0.333. The van der Waals surface area contributed by atoms with Gasteiger partial charge in [0.1, 0.15) is 16.3 Å². The van der Waals surface area contributed by atoms with Crippen LogP contribution in [0.1, 0.15) is 22.5 Å². The van der Waals surface area contributed by atoms with Gasteiger partial charge < -0.3 is 10.1 Å². The molecule has 1 aliphatic heterocycles. The minimum absolute atomic E-state index is 0.106. The fourth-order valence-corrected chi connectivity index (χ4v) is 4.09. The third-order valence-electron chi connectivity index (χ3n) is 4.38. The van der Waals surface area contributed by atoms with Gasteiger partial charge in [0.25, 0.3) is 5.91 Å². The number of thiophene rings is 1. The van der Waals surface area contributed by atoms with Gasteiger partial charge >= 0.3 is 0 Å². The lowest BCUT2D eigenvalue weighted by atomic mass is 10.1. The number of halogens is 1. The summed E-state index contributed by atoms with van der Waals surface area (Å²) in [5.74, 6) is -0.450. The molecule has 25 heavy (non-hydrogen) atoms. The van der Waals surface area contributed by atoms with Crippen LogP contribution in [0.25, 0.3) is 21.5 Å². The van der Waals surface area contributed by atoms with Crippen LogP contribution in [0, 0.1) is 5.82 Å². The maximum Gasteiger partial charge on any atom is 0.261 e. The number of ether oxygens (including phenoxy) is 1. The molecule has 3 heterocycles.